The minimum Gasteiger partial charge on any atom is -0.462 e. The summed E-state index contributed by atoms with van der Waals surface area (Å²) >= 11 is 0. The smallest absolute Gasteiger partial charge is 0.306 e. The Bertz CT molecular complexity index is 870. The van der Waals surface area contributed by atoms with Crippen LogP contribution in [0.25, 0.3) is 0 Å². The van der Waals surface area contributed by atoms with E-state index < -0.39 is 6.10 Å². The average Bonchev–Trinajstić information content (AvgIpc) is 3.18. The highest BCUT2D eigenvalue weighted by molar-refractivity contribution is 5.71. The molecule has 0 aromatic rings. The summed E-state index contributed by atoms with van der Waals surface area (Å²) in [5.41, 5.74) is 0. The largest absolute Gasteiger partial charge is 0.462 e. The molecule has 0 N–H and O–H groups in total. The molecule has 1 atom stereocenters. The van der Waals surface area contributed by atoms with E-state index in [0.717, 1.165) is 69.6 Å². The van der Waals surface area contributed by atoms with Crippen molar-refractivity contribution in [1.29, 1.82) is 0 Å². The number of esters is 3. The van der Waals surface area contributed by atoms with Crippen LogP contribution in [0, 0.1) is 11.8 Å². The summed E-state index contributed by atoms with van der Waals surface area (Å²) in [5.74, 6) is 0.808. The first-order chi connectivity index (χ1) is 27.7. The van der Waals surface area contributed by atoms with Gasteiger partial charge in [0.05, 0.1) is 0 Å². The zero-order valence-corrected chi connectivity index (χ0v) is 39.0. The minimum absolute atomic E-state index is 0.0639. The lowest BCUT2D eigenvalue weighted by molar-refractivity contribution is -0.167. The van der Waals surface area contributed by atoms with Crippen molar-refractivity contribution in [2.45, 2.75) is 285 Å². The third-order valence-corrected chi connectivity index (χ3v) is 11.5. The molecule has 0 aliphatic rings. The number of hydrogen-bond donors (Lipinski definition) is 0. The molecule has 0 aromatic heterocycles. The molecular formula is C51H98O6. The van der Waals surface area contributed by atoms with Crippen molar-refractivity contribution in [3.63, 3.8) is 0 Å². The first-order valence-electron chi connectivity index (χ1n) is 25.2. The van der Waals surface area contributed by atoms with Gasteiger partial charge in [-0.1, -0.05) is 240 Å². The van der Waals surface area contributed by atoms with Crippen molar-refractivity contribution < 1.29 is 28.6 Å². The summed E-state index contributed by atoms with van der Waals surface area (Å²) in [6.45, 7) is 11.4. The summed E-state index contributed by atoms with van der Waals surface area (Å²) in [6.07, 6.45) is 43.7. The second-order valence-electron chi connectivity index (χ2n) is 18.4. The van der Waals surface area contributed by atoms with Crippen molar-refractivity contribution in [3.8, 4) is 0 Å². The Hall–Kier alpha value is -1.59. The summed E-state index contributed by atoms with van der Waals surface area (Å²) in [6, 6.07) is 0. The fourth-order valence-electron chi connectivity index (χ4n) is 7.64. The zero-order valence-electron chi connectivity index (χ0n) is 39.0. The molecule has 0 saturated carbocycles. The second-order valence-corrected chi connectivity index (χ2v) is 18.4. The van der Waals surface area contributed by atoms with E-state index in [2.05, 4.69) is 34.6 Å². The van der Waals surface area contributed by atoms with E-state index in [1.807, 2.05) is 0 Å². The van der Waals surface area contributed by atoms with E-state index in [4.69, 9.17) is 14.2 Å². The van der Waals surface area contributed by atoms with Crippen molar-refractivity contribution >= 4 is 17.9 Å². The fraction of sp³-hybridized carbons (Fsp3) is 0.941. The lowest BCUT2D eigenvalue weighted by Gasteiger charge is -2.18. The fourth-order valence-corrected chi connectivity index (χ4v) is 7.64. The van der Waals surface area contributed by atoms with Crippen molar-refractivity contribution in [2.24, 2.45) is 11.8 Å². The normalized spacial score (nSPS) is 12.1. The Morgan fingerprint density at radius 2 is 0.579 bits per heavy atom. The summed E-state index contributed by atoms with van der Waals surface area (Å²) < 4.78 is 16.8. The van der Waals surface area contributed by atoms with Gasteiger partial charge in [0.25, 0.3) is 0 Å². The lowest BCUT2D eigenvalue weighted by atomic mass is 10.0. The maximum Gasteiger partial charge on any atom is 0.306 e. The third kappa shape index (κ3) is 45.3. The molecule has 57 heavy (non-hydrogen) atoms. The van der Waals surface area contributed by atoms with E-state index in [-0.39, 0.29) is 31.1 Å². The van der Waals surface area contributed by atoms with Gasteiger partial charge < -0.3 is 14.2 Å². The van der Waals surface area contributed by atoms with Gasteiger partial charge in [-0.2, -0.15) is 0 Å². The predicted molar refractivity (Wildman–Crippen MR) is 243 cm³/mol. The number of hydrogen-bond acceptors (Lipinski definition) is 6. The number of rotatable bonds is 45. The molecule has 0 saturated heterocycles. The van der Waals surface area contributed by atoms with Crippen LogP contribution in [-0.2, 0) is 28.6 Å². The van der Waals surface area contributed by atoms with Crippen LogP contribution in [0.4, 0.5) is 0 Å². The molecule has 0 rings (SSSR count). The molecule has 0 spiro atoms. The molecule has 0 bridgehead atoms. The third-order valence-electron chi connectivity index (χ3n) is 11.5. The standard InChI is InChI=1S/C51H98O6/c1-6-7-8-9-10-11-21-26-31-36-41-49(52)55-44-48(57-51(54)43-38-33-28-23-18-14-16-20-25-30-35-40-47(4)5)45-56-50(53)42-37-32-27-22-17-13-12-15-19-24-29-34-39-46(2)3/h46-48H,6-45H2,1-5H3/t48-/m1/s1. The second kappa shape index (κ2) is 44.0. The molecule has 0 heterocycles. The molecule has 0 fully saturated rings. The molecule has 0 aliphatic heterocycles. The van der Waals surface area contributed by atoms with Crippen LogP contribution in [0.5, 0.6) is 0 Å². The SMILES string of the molecule is CCCCCCCCCCCCC(=O)OC[C@H](COC(=O)CCCCCCCCCCCCCCC(C)C)OC(=O)CCCCCCCCCCCCCC(C)C. The van der Waals surface area contributed by atoms with Gasteiger partial charge in [-0.15, -0.1) is 0 Å². The maximum atomic E-state index is 12.8. The quantitative estimate of drug-likeness (QED) is 0.0346. The number of carbonyl (C=O) groups excluding carboxylic acids is 3. The van der Waals surface area contributed by atoms with Crippen LogP contribution in [0.1, 0.15) is 279 Å². The molecule has 6 nitrogen and oxygen atoms in total. The van der Waals surface area contributed by atoms with E-state index in [9.17, 15) is 14.4 Å². The summed E-state index contributed by atoms with van der Waals surface area (Å²) in [5, 5.41) is 0. The van der Waals surface area contributed by atoms with E-state index >= 15 is 0 Å². The Kier molecular flexibility index (Phi) is 42.7. The molecule has 0 aliphatic carbocycles. The van der Waals surface area contributed by atoms with E-state index in [1.165, 1.54) is 167 Å². The van der Waals surface area contributed by atoms with Gasteiger partial charge in [-0.25, -0.2) is 0 Å². The Morgan fingerprint density at radius 3 is 0.860 bits per heavy atom. The van der Waals surface area contributed by atoms with Gasteiger partial charge in [0.2, 0.25) is 0 Å². The van der Waals surface area contributed by atoms with Gasteiger partial charge in [0.1, 0.15) is 13.2 Å². The van der Waals surface area contributed by atoms with E-state index in [0.29, 0.717) is 19.3 Å². The van der Waals surface area contributed by atoms with Crippen LogP contribution in [0.15, 0.2) is 0 Å². The van der Waals surface area contributed by atoms with Crippen molar-refractivity contribution in [2.75, 3.05) is 13.2 Å². The van der Waals surface area contributed by atoms with Crippen LogP contribution in [0.3, 0.4) is 0 Å². The number of carbonyl (C=O) groups is 3. The zero-order chi connectivity index (χ0) is 41.9. The predicted octanol–water partition coefficient (Wildman–Crippen LogP) is 16.1. The first kappa shape index (κ1) is 55.4. The highest BCUT2D eigenvalue weighted by atomic mass is 16.6. The summed E-state index contributed by atoms with van der Waals surface area (Å²) in [4.78, 5) is 37.9. The Labute approximate surface area is 355 Å². The van der Waals surface area contributed by atoms with Gasteiger partial charge in [0.15, 0.2) is 6.10 Å². The van der Waals surface area contributed by atoms with Crippen molar-refractivity contribution in [1.82, 2.24) is 0 Å². The summed E-state index contributed by atoms with van der Waals surface area (Å²) in [7, 11) is 0. The first-order valence-corrected chi connectivity index (χ1v) is 25.2. The van der Waals surface area contributed by atoms with E-state index in [1.54, 1.807) is 0 Å². The van der Waals surface area contributed by atoms with Crippen molar-refractivity contribution in [3.05, 3.63) is 0 Å². The van der Waals surface area contributed by atoms with Crippen LogP contribution in [-0.4, -0.2) is 37.2 Å². The number of unbranched alkanes of at least 4 members (excludes halogenated alkanes) is 30. The number of ether oxygens (including phenoxy) is 3. The van der Waals surface area contributed by atoms with Gasteiger partial charge in [-0.3, -0.25) is 14.4 Å². The monoisotopic (exact) mass is 807 g/mol. The molecule has 0 amide bonds. The Balaban J connectivity index is 4.30. The van der Waals surface area contributed by atoms with Gasteiger partial charge in [-0.05, 0) is 31.1 Å². The molecule has 338 valence electrons. The topological polar surface area (TPSA) is 78.9 Å². The van der Waals surface area contributed by atoms with Crippen LogP contribution < -0.4 is 0 Å². The highest BCUT2D eigenvalue weighted by Gasteiger charge is 2.19. The van der Waals surface area contributed by atoms with Crippen LogP contribution in [0.2, 0.25) is 0 Å². The highest BCUT2D eigenvalue weighted by Crippen LogP contribution is 2.17. The van der Waals surface area contributed by atoms with Crippen LogP contribution >= 0.6 is 0 Å². The molecule has 0 aromatic carbocycles. The maximum absolute atomic E-state index is 12.8. The molecule has 0 radical (unpaired) electrons. The molecule has 0 unspecified atom stereocenters. The average molecular weight is 807 g/mol. The Morgan fingerprint density at radius 1 is 0.333 bits per heavy atom. The molecule has 6 heteroatoms. The minimum atomic E-state index is -0.761. The van der Waals surface area contributed by atoms with Gasteiger partial charge in [0, 0.05) is 19.3 Å². The lowest BCUT2D eigenvalue weighted by Crippen LogP contribution is -2.30. The molecular weight excluding hydrogens is 709 g/mol. The van der Waals surface area contributed by atoms with Gasteiger partial charge >= 0.3 is 17.9 Å².